The molecule has 0 aliphatic carbocycles. The lowest BCUT2D eigenvalue weighted by molar-refractivity contribution is -0.125. The summed E-state index contributed by atoms with van der Waals surface area (Å²) < 4.78 is 35.5. The van der Waals surface area contributed by atoms with Gasteiger partial charge in [0.1, 0.15) is 0 Å². The SMILES string of the molecule is Cc1cc(C(=O)/C=C/CC(F)(F)F)c(C)s1. The van der Waals surface area contributed by atoms with Gasteiger partial charge in [-0.1, -0.05) is 6.08 Å². The van der Waals surface area contributed by atoms with Crippen LogP contribution in [0.4, 0.5) is 13.2 Å². The van der Waals surface area contributed by atoms with Crippen LogP contribution in [0.15, 0.2) is 18.2 Å². The molecule has 0 amide bonds. The monoisotopic (exact) mass is 248 g/mol. The van der Waals surface area contributed by atoms with Crippen LogP contribution in [-0.2, 0) is 0 Å². The largest absolute Gasteiger partial charge is 0.392 e. The first-order valence-corrected chi connectivity index (χ1v) is 5.46. The van der Waals surface area contributed by atoms with E-state index < -0.39 is 12.6 Å². The summed E-state index contributed by atoms with van der Waals surface area (Å²) in [5.41, 5.74) is 0.487. The van der Waals surface area contributed by atoms with Crippen molar-refractivity contribution < 1.29 is 18.0 Å². The minimum atomic E-state index is -4.25. The van der Waals surface area contributed by atoms with Crippen molar-refractivity contribution in [2.75, 3.05) is 0 Å². The molecule has 0 spiro atoms. The number of hydrogen-bond acceptors (Lipinski definition) is 2. The van der Waals surface area contributed by atoms with Crippen molar-refractivity contribution in [2.24, 2.45) is 0 Å². The molecular formula is C11H11F3OS. The van der Waals surface area contributed by atoms with E-state index in [1.807, 2.05) is 6.92 Å². The third-order valence-corrected chi connectivity index (χ3v) is 2.89. The van der Waals surface area contributed by atoms with Gasteiger partial charge < -0.3 is 0 Å². The number of carbonyl (C=O) groups is 1. The number of rotatable bonds is 3. The quantitative estimate of drug-likeness (QED) is 0.582. The smallest absolute Gasteiger partial charge is 0.289 e. The van der Waals surface area contributed by atoms with Gasteiger partial charge in [-0.25, -0.2) is 0 Å². The van der Waals surface area contributed by atoms with Gasteiger partial charge in [-0.3, -0.25) is 4.79 Å². The first-order chi connectivity index (χ1) is 7.29. The van der Waals surface area contributed by atoms with E-state index in [1.165, 1.54) is 11.3 Å². The molecule has 0 N–H and O–H groups in total. The molecule has 1 nitrogen and oxygen atoms in total. The molecular weight excluding hydrogens is 237 g/mol. The molecule has 0 unspecified atom stereocenters. The van der Waals surface area contributed by atoms with Gasteiger partial charge in [-0.15, -0.1) is 11.3 Å². The number of halogens is 3. The second-order valence-corrected chi connectivity index (χ2v) is 4.87. The average molecular weight is 248 g/mol. The van der Waals surface area contributed by atoms with E-state index in [4.69, 9.17) is 0 Å². The maximum Gasteiger partial charge on any atom is 0.392 e. The molecule has 0 radical (unpaired) electrons. The van der Waals surface area contributed by atoms with Crippen molar-refractivity contribution in [3.63, 3.8) is 0 Å². The lowest BCUT2D eigenvalue weighted by atomic mass is 10.1. The zero-order chi connectivity index (χ0) is 12.3. The summed E-state index contributed by atoms with van der Waals surface area (Å²) in [6.07, 6.45) is -3.48. The van der Waals surface area contributed by atoms with Gasteiger partial charge in [-0.2, -0.15) is 13.2 Å². The van der Waals surface area contributed by atoms with Crippen LogP contribution in [0.25, 0.3) is 0 Å². The first kappa shape index (κ1) is 13.0. The maximum absolute atomic E-state index is 11.8. The number of ketones is 1. The molecule has 1 rings (SSSR count). The molecule has 16 heavy (non-hydrogen) atoms. The highest BCUT2D eigenvalue weighted by atomic mass is 32.1. The topological polar surface area (TPSA) is 17.1 Å². The van der Waals surface area contributed by atoms with E-state index in [0.717, 1.165) is 21.9 Å². The number of alkyl halides is 3. The van der Waals surface area contributed by atoms with Gasteiger partial charge in [0.15, 0.2) is 5.78 Å². The van der Waals surface area contributed by atoms with Gasteiger partial charge in [0.25, 0.3) is 0 Å². The Morgan fingerprint density at radius 1 is 1.44 bits per heavy atom. The molecule has 1 aromatic heterocycles. The van der Waals surface area contributed by atoms with Crippen LogP contribution in [0.1, 0.15) is 26.5 Å². The molecule has 1 heterocycles. The van der Waals surface area contributed by atoms with Crippen LogP contribution in [0, 0.1) is 13.8 Å². The summed E-state index contributed by atoms with van der Waals surface area (Å²) in [6.45, 7) is 3.64. The normalized spacial score (nSPS) is 12.3. The fraction of sp³-hybridized carbons (Fsp3) is 0.364. The third kappa shape index (κ3) is 3.81. The Morgan fingerprint density at radius 2 is 2.06 bits per heavy atom. The van der Waals surface area contributed by atoms with E-state index in [1.54, 1.807) is 13.0 Å². The Hall–Kier alpha value is -1.10. The molecule has 0 fully saturated rings. The van der Waals surface area contributed by atoms with Gasteiger partial charge >= 0.3 is 6.18 Å². The predicted molar refractivity (Wildman–Crippen MR) is 57.9 cm³/mol. The molecule has 0 atom stereocenters. The molecule has 0 bridgehead atoms. The van der Waals surface area contributed by atoms with Crippen molar-refractivity contribution in [1.29, 1.82) is 0 Å². The second kappa shape index (κ2) is 4.82. The number of aryl methyl sites for hydroxylation is 2. The maximum atomic E-state index is 11.8. The third-order valence-electron chi connectivity index (χ3n) is 1.92. The lowest BCUT2D eigenvalue weighted by Crippen LogP contribution is -2.05. The summed E-state index contributed by atoms with van der Waals surface area (Å²) in [5, 5.41) is 0. The number of allylic oxidation sites excluding steroid dienone is 2. The number of hydrogen-bond donors (Lipinski definition) is 0. The lowest BCUT2D eigenvalue weighted by Gasteiger charge is -1.99. The first-order valence-electron chi connectivity index (χ1n) is 4.64. The van der Waals surface area contributed by atoms with Crippen LogP contribution < -0.4 is 0 Å². The van der Waals surface area contributed by atoms with E-state index in [2.05, 4.69) is 0 Å². The van der Waals surface area contributed by atoms with Gasteiger partial charge in [0.2, 0.25) is 0 Å². The summed E-state index contributed by atoms with van der Waals surface area (Å²) in [4.78, 5) is 13.3. The molecule has 1 aromatic rings. The minimum absolute atomic E-state index is 0.369. The highest BCUT2D eigenvalue weighted by molar-refractivity contribution is 7.12. The Kier molecular flexibility index (Phi) is 3.91. The van der Waals surface area contributed by atoms with Crippen LogP contribution in [0.2, 0.25) is 0 Å². The van der Waals surface area contributed by atoms with Crippen molar-refractivity contribution in [1.82, 2.24) is 0 Å². The summed E-state index contributed by atoms with van der Waals surface area (Å²) in [7, 11) is 0. The van der Waals surface area contributed by atoms with Crippen molar-refractivity contribution in [3.05, 3.63) is 33.5 Å². The minimum Gasteiger partial charge on any atom is -0.289 e. The molecule has 0 aliphatic rings. The van der Waals surface area contributed by atoms with Gasteiger partial charge in [0, 0.05) is 15.3 Å². The number of thiophene rings is 1. The fourth-order valence-electron chi connectivity index (χ4n) is 1.26. The summed E-state index contributed by atoms with van der Waals surface area (Å²) >= 11 is 1.46. The zero-order valence-corrected chi connectivity index (χ0v) is 9.71. The van der Waals surface area contributed by atoms with Crippen LogP contribution >= 0.6 is 11.3 Å². The predicted octanol–water partition coefficient (Wildman–Crippen LogP) is 4.06. The van der Waals surface area contributed by atoms with E-state index in [-0.39, 0.29) is 5.78 Å². The molecule has 5 heteroatoms. The highest BCUT2D eigenvalue weighted by Crippen LogP contribution is 2.22. The fourth-order valence-corrected chi connectivity index (χ4v) is 2.19. The van der Waals surface area contributed by atoms with Gasteiger partial charge in [0.05, 0.1) is 6.42 Å². The van der Waals surface area contributed by atoms with E-state index >= 15 is 0 Å². The molecule has 0 saturated heterocycles. The van der Waals surface area contributed by atoms with Gasteiger partial charge in [-0.05, 0) is 26.0 Å². The molecule has 0 aliphatic heterocycles. The zero-order valence-electron chi connectivity index (χ0n) is 8.89. The average Bonchev–Trinajstić information content (AvgIpc) is 2.43. The van der Waals surface area contributed by atoms with Crippen molar-refractivity contribution in [3.8, 4) is 0 Å². The molecule has 88 valence electrons. The second-order valence-electron chi connectivity index (χ2n) is 3.41. The van der Waals surface area contributed by atoms with Crippen LogP contribution in [-0.4, -0.2) is 12.0 Å². The van der Waals surface area contributed by atoms with Crippen molar-refractivity contribution in [2.45, 2.75) is 26.4 Å². The Balaban J connectivity index is 2.70. The Labute approximate surface area is 95.6 Å². The van der Waals surface area contributed by atoms with E-state index in [9.17, 15) is 18.0 Å². The number of carbonyl (C=O) groups excluding carboxylic acids is 1. The summed E-state index contributed by atoms with van der Waals surface area (Å²) in [6, 6.07) is 1.69. The Morgan fingerprint density at radius 3 is 2.50 bits per heavy atom. The summed E-state index contributed by atoms with van der Waals surface area (Å²) in [5.74, 6) is -0.369. The van der Waals surface area contributed by atoms with E-state index in [0.29, 0.717) is 5.56 Å². The standard InChI is InChI=1S/C11H11F3OS/c1-7-6-9(8(2)16-7)10(15)4-3-5-11(12,13)14/h3-4,6H,5H2,1-2H3/b4-3+. The van der Waals surface area contributed by atoms with Crippen molar-refractivity contribution >= 4 is 17.1 Å². The van der Waals surface area contributed by atoms with Crippen LogP contribution in [0.5, 0.6) is 0 Å². The molecule has 0 aromatic carbocycles. The molecule has 0 saturated carbocycles. The van der Waals surface area contributed by atoms with Crippen LogP contribution in [0.3, 0.4) is 0 Å². The highest BCUT2D eigenvalue weighted by Gasteiger charge is 2.24. The Bertz CT molecular complexity index is 415.